The van der Waals surface area contributed by atoms with Crippen LogP contribution < -0.4 is 16.0 Å². The van der Waals surface area contributed by atoms with Crippen LogP contribution in [0.25, 0.3) is 0 Å². The lowest BCUT2D eigenvalue weighted by Gasteiger charge is -2.11. The SMILES string of the molecule is CC(C)NC(=O)c1cccc(NC(=O)C2CNC(=O)C2)c1. The summed E-state index contributed by atoms with van der Waals surface area (Å²) in [6.07, 6.45) is 0.208. The van der Waals surface area contributed by atoms with Gasteiger partial charge in [0.15, 0.2) is 0 Å². The van der Waals surface area contributed by atoms with E-state index in [1.165, 1.54) is 0 Å². The molecule has 6 heteroatoms. The first kappa shape index (κ1) is 15.0. The van der Waals surface area contributed by atoms with Crippen LogP contribution in [0, 0.1) is 5.92 Å². The highest BCUT2D eigenvalue weighted by atomic mass is 16.2. The molecule has 112 valence electrons. The molecule has 1 unspecified atom stereocenters. The molecule has 0 aliphatic carbocycles. The zero-order chi connectivity index (χ0) is 15.4. The monoisotopic (exact) mass is 289 g/mol. The van der Waals surface area contributed by atoms with Crippen LogP contribution in [-0.2, 0) is 9.59 Å². The van der Waals surface area contributed by atoms with E-state index in [1.807, 2.05) is 13.8 Å². The van der Waals surface area contributed by atoms with Gasteiger partial charge in [0.1, 0.15) is 0 Å². The molecule has 0 radical (unpaired) electrons. The molecule has 1 aromatic carbocycles. The Morgan fingerprint density at radius 2 is 2.10 bits per heavy atom. The zero-order valence-electron chi connectivity index (χ0n) is 12.1. The van der Waals surface area contributed by atoms with Crippen molar-refractivity contribution >= 4 is 23.4 Å². The number of hydrogen-bond donors (Lipinski definition) is 3. The predicted octanol–water partition coefficient (Wildman–Crippen LogP) is 0.899. The summed E-state index contributed by atoms with van der Waals surface area (Å²) in [6, 6.07) is 6.79. The smallest absolute Gasteiger partial charge is 0.251 e. The highest BCUT2D eigenvalue weighted by molar-refractivity contribution is 5.99. The summed E-state index contributed by atoms with van der Waals surface area (Å²) in [4.78, 5) is 35.0. The maximum atomic E-state index is 12.0. The van der Waals surface area contributed by atoms with Gasteiger partial charge in [0.05, 0.1) is 5.92 Å². The third-order valence-corrected chi connectivity index (χ3v) is 3.16. The summed E-state index contributed by atoms with van der Waals surface area (Å²) in [7, 11) is 0. The summed E-state index contributed by atoms with van der Waals surface area (Å²) in [5, 5.41) is 8.16. The van der Waals surface area contributed by atoms with Crippen LogP contribution in [0.4, 0.5) is 5.69 Å². The Morgan fingerprint density at radius 3 is 2.71 bits per heavy atom. The third-order valence-electron chi connectivity index (χ3n) is 3.16. The van der Waals surface area contributed by atoms with Crippen molar-refractivity contribution in [3.05, 3.63) is 29.8 Å². The number of anilines is 1. The predicted molar refractivity (Wildman–Crippen MR) is 78.8 cm³/mol. The molecule has 1 heterocycles. The Labute approximate surface area is 123 Å². The fourth-order valence-electron chi connectivity index (χ4n) is 2.12. The van der Waals surface area contributed by atoms with E-state index in [4.69, 9.17) is 0 Å². The van der Waals surface area contributed by atoms with E-state index in [-0.39, 0.29) is 36.1 Å². The number of rotatable bonds is 4. The summed E-state index contributed by atoms with van der Waals surface area (Å²) >= 11 is 0. The molecule has 3 amide bonds. The fourth-order valence-corrected chi connectivity index (χ4v) is 2.12. The van der Waals surface area contributed by atoms with Crippen molar-refractivity contribution < 1.29 is 14.4 Å². The van der Waals surface area contributed by atoms with Gasteiger partial charge in [-0.2, -0.15) is 0 Å². The van der Waals surface area contributed by atoms with Gasteiger partial charge >= 0.3 is 0 Å². The standard InChI is InChI=1S/C15H19N3O3/c1-9(2)17-14(20)10-4-3-5-12(6-10)18-15(21)11-7-13(19)16-8-11/h3-6,9,11H,7-8H2,1-2H3,(H,16,19)(H,17,20)(H,18,21). The molecule has 6 nitrogen and oxygen atoms in total. The van der Waals surface area contributed by atoms with Crippen LogP contribution in [0.5, 0.6) is 0 Å². The molecule has 21 heavy (non-hydrogen) atoms. The van der Waals surface area contributed by atoms with Gasteiger partial charge in [0.2, 0.25) is 11.8 Å². The topological polar surface area (TPSA) is 87.3 Å². The van der Waals surface area contributed by atoms with Gasteiger partial charge in [0, 0.05) is 30.3 Å². The number of benzene rings is 1. The van der Waals surface area contributed by atoms with Gasteiger partial charge in [-0.25, -0.2) is 0 Å². The van der Waals surface area contributed by atoms with Crippen LogP contribution in [0.2, 0.25) is 0 Å². The first-order chi connectivity index (χ1) is 9.95. The van der Waals surface area contributed by atoms with Crippen LogP contribution in [-0.4, -0.2) is 30.3 Å². The maximum absolute atomic E-state index is 12.0. The molecule has 1 aliphatic heterocycles. The highest BCUT2D eigenvalue weighted by Crippen LogP contribution is 2.15. The summed E-state index contributed by atoms with van der Waals surface area (Å²) < 4.78 is 0. The molecule has 1 aliphatic rings. The van der Waals surface area contributed by atoms with Gasteiger partial charge in [-0.1, -0.05) is 6.07 Å². The lowest BCUT2D eigenvalue weighted by atomic mass is 10.1. The minimum atomic E-state index is -0.356. The van der Waals surface area contributed by atoms with Gasteiger partial charge in [-0.05, 0) is 32.0 Å². The average Bonchev–Trinajstić information content (AvgIpc) is 2.85. The molecule has 2 rings (SSSR count). The van der Waals surface area contributed by atoms with E-state index >= 15 is 0 Å². The van der Waals surface area contributed by atoms with Crippen molar-refractivity contribution in [2.24, 2.45) is 5.92 Å². The van der Waals surface area contributed by atoms with Crippen molar-refractivity contribution in [3.8, 4) is 0 Å². The minimum Gasteiger partial charge on any atom is -0.355 e. The van der Waals surface area contributed by atoms with E-state index in [2.05, 4.69) is 16.0 Å². The van der Waals surface area contributed by atoms with E-state index < -0.39 is 0 Å². The first-order valence-electron chi connectivity index (χ1n) is 6.94. The van der Waals surface area contributed by atoms with E-state index in [9.17, 15) is 14.4 Å². The van der Waals surface area contributed by atoms with Crippen molar-refractivity contribution in [3.63, 3.8) is 0 Å². The van der Waals surface area contributed by atoms with E-state index in [0.29, 0.717) is 17.8 Å². The van der Waals surface area contributed by atoms with Crippen LogP contribution in [0.15, 0.2) is 24.3 Å². The average molecular weight is 289 g/mol. The Kier molecular flexibility index (Phi) is 4.57. The van der Waals surface area contributed by atoms with Crippen molar-refractivity contribution in [2.75, 3.05) is 11.9 Å². The fraction of sp³-hybridized carbons (Fsp3) is 0.400. The normalized spacial score (nSPS) is 17.5. The summed E-state index contributed by atoms with van der Waals surface area (Å²) in [5.74, 6) is -0.862. The molecule has 1 atom stereocenters. The Balaban J connectivity index is 2.02. The van der Waals surface area contributed by atoms with Crippen LogP contribution >= 0.6 is 0 Å². The van der Waals surface area contributed by atoms with Crippen LogP contribution in [0.3, 0.4) is 0 Å². The Morgan fingerprint density at radius 1 is 1.33 bits per heavy atom. The lowest BCUT2D eigenvalue weighted by Crippen LogP contribution is -2.30. The molecular weight excluding hydrogens is 270 g/mol. The van der Waals surface area contributed by atoms with Gasteiger partial charge in [-0.3, -0.25) is 14.4 Å². The number of carbonyl (C=O) groups excluding carboxylic acids is 3. The second kappa shape index (κ2) is 6.39. The van der Waals surface area contributed by atoms with Crippen LogP contribution in [0.1, 0.15) is 30.6 Å². The summed E-state index contributed by atoms with van der Waals surface area (Å²) in [5.41, 5.74) is 1.04. The number of hydrogen-bond acceptors (Lipinski definition) is 3. The number of carbonyl (C=O) groups is 3. The molecule has 1 aromatic rings. The minimum absolute atomic E-state index is 0.0475. The molecule has 0 spiro atoms. The largest absolute Gasteiger partial charge is 0.355 e. The molecule has 0 bridgehead atoms. The molecular formula is C15H19N3O3. The zero-order valence-corrected chi connectivity index (χ0v) is 12.1. The van der Waals surface area contributed by atoms with Gasteiger partial charge < -0.3 is 16.0 Å². The lowest BCUT2D eigenvalue weighted by molar-refractivity contribution is -0.123. The second-order valence-corrected chi connectivity index (χ2v) is 5.40. The molecule has 0 saturated carbocycles. The maximum Gasteiger partial charge on any atom is 0.251 e. The number of nitrogens with one attached hydrogen (secondary N) is 3. The van der Waals surface area contributed by atoms with Gasteiger partial charge in [-0.15, -0.1) is 0 Å². The van der Waals surface area contributed by atoms with Crippen molar-refractivity contribution in [2.45, 2.75) is 26.3 Å². The van der Waals surface area contributed by atoms with Crippen molar-refractivity contribution in [1.29, 1.82) is 0 Å². The van der Waals surface area contributed by atoms with E-state index in [0.717, 1.165) is 0 Å². The van der Waals surface area contributed by atoms with Crippen molar-refractivity contribution in [1.82, 2.24) is 10.6 Å². The molecule has 3 N–H and O–H groups in total. The van der Waals surface area contributed by atoms with E-state index in [1.54, 1.807) is 24.3 Å². The summed E-state index contributed by atoms with van der Waals surface area (Å²) in [6.45, 7) is 4.12. The quantitative estimate of drug-likeness (QED) is 0.769. The first-order valence-corrected chi connectivity index (χ1v) is 6.94. The number of amides is 3. The second-order valence-electron chi connectivity index (χ2n) is 5.40. The Bertz CT molecular complexity index is 569. The van der Waals surface area contributed by atoms with Gasteiger partial charge in [0.25, 0.3) is 5.91 Å². The molecule has 0 aromatic heterocycles. The Hall–Kier alpha value is -2.37. The molecule has 1 fully saturated rings. The molecule has 1 saturated heterocycles. The third kappa shape index (κ3) is 4.05. The highest BCUT2D eigenvalue weighted by Gasteiger charge is 2.27.